The zero-order valence-corrected chi connectivity index (χ0v) is 9.45. The summed E-state index contributed by atoms with van der Waals surface area (Å²) < 4.78 is 5.20. The first-order chi connectivity index (χ1) is 7.86. The molecule has 1 fully saturated rings. The van der Waals surface area contributed by atoms with E-state index >= 15 is 0 Å². The molecule has 2 amide bonds. The number of amides is 2. The van der Waals surface area contributed by atoms with Crippen molar-refractivity contribution in [3.8, 4) is 0 Å². The van der Waals surface area contributed by atoms with E-state index in [2.05, 4.69) is 5.32 Å². The number of carbonyl (C=O) groups excluding carboxylic acids is 1. The molecule has 1 aliphatic rings. The molecule has 16 heavy (non-hydrogen) atoms. The minimum Gasteiger partial charge on any atom is -0.469 e. The van der Waals surface area contributed by atoms with Crippen LogP contribution in [-0.4, -0.2) is 30.6 Å². The quantitative estimate of drug-likeness (QED) is 0.850. The van der Waals surface area contributed by atoms with Gasteiger partial charge in [0.2, 0.25) is 0 Å². The van der Waals surface area contributed by atoms with Crippen molar-refractivity contribution in [1.29, 1.82) is 0 Å². The van der Waals surface area contributed by atoms with E-state index < -0.39 is 0 Å². The predicted octanol–water partition coefficient (Wildman–Crippen LogP) is 2.02. The summed E-state index contributed by atoms with van der Waals surface area (Å²) in [5, 5.41) is 2.92. The van der Waals surface area contributed by atoms with Crippen molar-refractivity contribution in [2.24, 2.45) is 0 Å². The van der Waals surface area contributed by atoms with E-state index in [9.17, 15) is 4.79 Å². The molecule has 0 aliphatic carbocycles. The molecule has 88 valence electrons. The summed E-state index contributed by atoms with van der Waals surface area (Å²) >= 11 is 0. The Hall–Kier alpha value is -1.45. The third-order valence-electron chi connectivity index (χ3n) is 2.87. The first kappa shape index (κ1) is 11.0. The zero-order valence-electron chi connectivity index (χ0n) is 9.45. The van der Waals surface area contributed by atoms with Crippen LogP contribution in [0.4, 0.5) is 4.79 Å². The van der Waals surface area contributed by atoms with Gasteiger partial charge in [-0.05, 0) is 31.4 Å². The van der Waals surface area contributed by atoms with Gasteiger partial charge in [-0.15, -0.1) is 0 Å². The molecule has 2 rings (SSSR count). The molecule has 0 spiro atoms. The second-order valence-corrected chi connectivity index (χ2v) is 4.11. The second-order valence-electron chi connectivity index (χ2n) is 4.11. The van der Waals surface area contributed by atoms with Crippen LogP contribution in [0.1, 0.15) is 25.0 Å². The highest BCUT2D eigenvalue weighted by Gasteiger charge is 2.15. The minimum absolute atomic E-state index is 0.0613. The Labute approximate surface area is 95.6 Å². The minimum atomic E-state index is 0.0613. The van der Waals surface area contributed by atoms with Crippen LogP contribution < -0.4 is 5.32 Å². The van der Waals surface area contributed by atoms with Crippen molar-refractivity contribution in [1.82, 2.24) is 10.2 Å². The lowest BCUT2D eigenvalue weighted by Gasteiger charge is -2.26. The third-order valence-corrected chi connectivity index (χ3v) is 2.87. The standard InChI is InChI=1S/C12H18N2O2/c15-12(14-8-2-1-3-9-14)13-7-6-11-5-4-10-16-11/h4-5,10H,1-3,6-9H2,(H,13,15). The van der Waals surface area contributed by atoms with Crippen LogP contribution in [0.15, 0.2) is 22.8 Å². The molecule has 0 aromatic carbocycles. The fourth-order valence-corrected chi connectivity index (χ4v) is 1.96. The van der Waals surface area contributed by atoms with E-state index in [0.29, 0.717) is 6.54 Å². The maximum Gasteiger partial charge on any atom is 0.317 e. The summed E-state index contributed by atoms with van der Waals surface area (Å²) in [5.41, 5.74) is 0. The highest BCUT2D eigenvalue weighted by Crippen LogP contribution is 2.08. The summed E-state index contributed by atoms with van der Waals surface area (Å²) in [6.07, 6.45) is 5.92. The number of furan rings is 1. The van der Waals surface area contributed by atoms with Crippen molar-refractivity contribution < 1.29 is 9.21 Å². The summed E-state index contributed by atoms with van der Waals surface area (Å²) in [4.78, 5) is 13.6. The second kappa shape index (κ2) is 5.58. The zero-order chi connectivity index (χ0) is 11.2. The summed E-state index contributed by atoms with van der Waals surface area (Å²) in [7, 11) is 0. The lowest BCUT2D eigenvalue weighted by atomic mass is 10.1. The largest absolute Gasteiger partial charge is 0.469 e. The van der Waals surface area contributed by atoms with Gasteiger partial charge in [-0.3, -0.25) is 0 Å². The van der Waals surface area contributed by atoms with Gasteiger partial charge in [0, 0.05) is 26.1 Å². The summed E-state index contributed by atoms with van der Waals surface area (Å²) in [6.45, 7) is 2.43. The predicted molar refractivity (Wildman–Crippen MR) is 61.2 cm³/mol. The molecule has 1 aromatic heterocycles. The Kier molecular flexibility index (Phi) is 3.86. The average molecular weight is 222 g/mol. The average Bonchev–Trinajstić information content (AvgIpc) is 2.83. The highest BCUT2D eigenvalue weighted by atomic mass is 16.3. The van der Waals surface area contributed by atoms with Crippen LogP contribution in [0, 0.1) is 0 Å². The van der Waals surface area contributed by atoms with Gasteiger partial charge in [-0.25, -0.2) is 4.79 Å². The number of hydrogen-bond acceptors (Lipinski definition) is 2. The SMILES string of the molecule is O=C(NCCc1ccco1)N1CCCCC1. The molecule has 0 bridgehead atoms. The molecule has 1 N–H and O–H groups in total. The van der Waals surface area contributed by atoms with Crippen molar-refractivity contribution >= 4 is 6.03 Å². The Morgan fingerprint density at radius 1 is 1.38 bits per heavy atom. The van der Waals surface area contributed by atoms with Gasteiger partial charge in [0.15, 0.2) is 0 Å². The van der Waals surface area contributed by atoms with E-state index in [1.54, 1.807) is 6.26 Å². The summed E-state index contributed by atoms with van der Waals surface area (Å²) in [5.74, 6) is 0.916. The van der Waals surface area contributed by atoms with E-state index in [-0.39, 0.29) is 6.03 Å². The Bertz CT molecular complexity index is 316. The number of carbonyl (C=O) groups is 1. The van der Waals surface area contributed by atoms with Gasteiger partial charge in [0.1, 0.15) is 5.76 Å². The van der Waals surface area contributed by atoms with E-state index in [4.69, 9.17) is 4.42 Å². The van der Waals surface area contributed by atoms with E-state index in [0.717, 1.165) is 38.1 Å². The number of piperidine rings is 1. The van der Waals surface area contributed by atoms with Crippen LogP contribution in [-0.2, 0) is 6.42 Å². The van der Waals surface area contributed by atoms with Crippen LogP contribution in [0.3, 0.4) is 0 Å². The Morgan fingerprint density at radius 3 is 2.88 bits per heavy atom. The monoisotopic (exact) mass is 222 g/mol. The first-order valence-electron chi connectivity index (χ1n) is 5.91. The van der Waals surface area contributed by atoms with Crippen molar-refractivity contribution in [2.75, 3.05) is 19.6 Å². The summed E-state index contributed by atoms with van der Waals surface area (Å²) in [6, 6.07) is 3.85. The molecule has 2 heterocycles. The molecule has 1 aliphatic heterocycles. The lowest BCUT2D eigenvalue weighted by molar-refractivity contribution is 0.186. The normalized spacial score (nSPS) is 16.1. The third kappa shape index (κ3) is 3.02. The molecule has 4 heteroatoms. The number of urea groups is 1. The van der Waals surface area contributed by atoms with Crippen molar-refractivity contribution in [3.05, 3.63) is 24.2 Å². The number of likely N-dealkylation sites (tertiary alicyclic amines) is 1. The van der Waals surface area contributed by atoms with Gasteiger partial charge < -0.3 is 14.6 Å². The maximum absolute atomic E-state index is 11.7. The molecule has 4 nitrogen and oxygen atoms in total. The Morgan fingerprint density at radius 2 is 2.19 bits per heavy atom. The fraction of sp³-hybridized carbons (Fsp3) is 0.583. The maximum atomic E-state index is 11.7. The molecular weight excluding hydrogens is 204 g/mol. The van der Waals surface area contributed by atoms with Crippen LogP contribution >= 0.6 is 0 Å². The van der Waals surface area contributed by atoms with Gasteiger partial charge in [-0.1, -0.05) is 0 Å². The van der Waals surface area contributed by atoms with Gasteiger partial charge in [-0.2, -0.15) is 0 Å². The Balaban J connectivity index is 1.67. The van der Waals surface area contributed by atoms with E-state index in [1.807, 2.05) is 17.0 Å². The molecule has 0 unspecified atom stereocenters. The van der Waals surface area contributed by atoms with Crippen LogP contribution in [0.2, 0.25) is 0 Å². The van der Waals surface area contributed by atoms with Gasteiger partial charge in [0.05, 0.1) is 6.26 Å². The molecule has 0 atom stereocenters. The number of nitrogens with zero attached hydrogens (tertiary/aromatic N) is 1. The number of hydrogen-bond donors (Lipinski definition) is 1. The van der Waals surface area contributed by atoms with Crippen LogP contribution in [0.5, 0.6) is 0 Å². The molecule has 1 saturated heterocycles. The van der Waals surface area contributed by atoms with Crippen molar-refractivity contribution in [3.63, 3.8) is 0 Å². The molecule has 0 radical (unpaired) electrons. The van der Waals surface area contributed by atoms with Gasteiger partial charge >= 0.3 is 6.03 Å². The van der Waals surface area contributed by atoms with Gasteiger partial charge in [0.25, 0.3) is 0 Å². The fourth-order valence-electron chi connectivity index (χ4n) is 1.96. The van der Waals surface area contributed by atoms with Crippen molar-refractivity contribution in [2.45, 2.75) is 25.7 Å². The lowest BCUT2D eigenvalue weighted by Crippen LogP contribution is -2.43. The molecular formula is C12H18N2O2. The molecule has 1 aromatic rings. The number of nitrogens with one attached hydrogen (secondary N) is 1. The molecule has 0 saturated carbocycles. The smallest absolute Gasteiger partial charge is 0.317 e. The van der Waals surface area contributed by atoms with E-state index in [1.165, 1.54) is 6.42 Å². The number of rotatable bonds is 3. The topological polar surface area (TPSA) is 45.5 Å². The highest BCUT2D eigenvalue weighted by molar-refractivity contribution is 5.74. The first-order valence-corrected chi connectivity index (χ1v) is 5.91. The van der Waals surface area contributed by atoms with Crippen LogP contribution in [0.25, 0.3) is 0 Å².